The summed E-state index contributed by atoms with van der Waals surface area (Å²) in [6.07, 6.45) is 12.5. The van der Waals surface area contributed by atoms with Crippen molar-refractivity contribution >= 4 is 0 Å². The highest BCUT2D eigenvalue weighted by Crippen LogP contribution is 2.67. The third-order valence-corrected chi connectivity index (χ3v) is 10.3. The van der Waals surface area contributed by atoms with Crippen LogP contribution >= 0.6 is 0 Å². The molecule has 0 aromatic rings. The Morgan fingerprint density at radius 1 is 1.03 bits per heavy atom. The van der Waals surface area contributed by atoms with Gasteiger partial charge in [0, 0.05) is 0 Å². The minimum absolute atomic E-state index is 0.0101. The Hall–Kier alpha value is -0.370. The van der Waals surface area contributed by atoms with Crippen LogP contribution in [0.15, 0.2) is 11.6 Å². The van der Waals surface area contributed by atoms with Gasteiger partial charge in [0.2, 0.25) is 0 Å². The molecule has 0 aromatic carbocycles. The molecule has 0 spiro atoms. The summed E-state index contributed by atoms with van der Waals surface area (Å²) in [5.74, 6) is 4.71. The highest BCUT2D eigenvalue weighted by molar-refractivity contribution is 5.29. The van der Waals surface area contributed by atoms with Gasteiger partial charge in [0.1, 0.15) is 6.17 Å². The number of allylic oxidation sites excluding steroid dienone is 1. The van der Waals surface area contributed by atoms with Gasteiger partial charge in [-0.25, -0.2) is 4.39 Å². The van der Waals surface area contributed by atoms with Gasteiger partial charge in [-0.05, 0) is 96.9 Å². The molecular weight excluding hydrogens is 359 g/mol. The lowest BCUT2D eigenvalue weighted by atomic mass is 9.46. The van der Waals surface area contributed by atoms with E-state index in [1.54, 1.807) is 0 Å². The van der Waals surface area contributed by atoms with Crippen molar-refractivity contribution in [2.24, 2.45) is 46.3 Å². The van der Waals surface area contributed by atoms with Gasteiger partial charge in [-0.2, -0.15) is 0 Å². The van der Waals surface area contributed by atoms with Crippen LogP contribution in [0.4, 0.5) is 4.39 Å². The summed E-state index contributed by atoms with van der Waals surface area (Å²) in [7, 11) is 0. The normalized spacial score (nSPS) is 47.9. The third kappa shape index (κ3) is 3.54. The number of halogens is 1. The first kappa shape index (κ1) is 21.8. The predicted molar refractivity (Wildman–Crippen MR) is 119 cm³/mol. The Kier molecular flexibility index (Phi) is 5.99. The maximum Gasteiger partial charge on any atom is 0.147 e. The number of aliphatic hydroxyl groups is 1. The van der Waals surface area contributed by atoms with Crippen LogP contribution in [0.2, 0.25) is 0 Å². The Bertz CT molecular complexity index is 626. The second-order valence-corrected chi connectivity index (χ2v) is 12.2. The summed E-state index contributed by atoms with van der Waals surface area (Å²) in [6.45, 7) is 12.2. The van der Waals surface area contributed by atoms with Crippen molar-refractivity contribution in [1.29, 1.82) is 0 Å². The van der Waals surface area contributed by atoms with Crippen molar-refractivity contribution in [3.8, 4) is 0 Å². The molecule has 29 heavy (non-hydrogen) atoms. The van der Waals surface area contributed by atoms with Crippen LogP contribution in [0, 0.1) is 46.3 Å². The molecule has 0 bridgehead atoms. The molecule has 1 N–H and O–H groups in total. The zero-order chi connectivity index (χ0) is 21.0. The number of hydrogen-bond donors (Lipinski definition) is 1. The molecule has 4 aliphatic rings. The molecule has 0 saturated heterocycles. The van der Waals surface area contributed by atoms with Crippen molar-refractivity contribution in [1.82, 2.24) is 0 Å². The summed E-state index contributed by atoms with van der Waals surface area (Å²) in [5.41, 5.74) is 1.44. The van der Waals surface area contributed by atoms with Gasteiger partial charge in [-0.1, -0.05) is 60.0 Å². The molecule has 2 heteroatoms. The van der Waals surface area contributed by atoms with Crippen molar-refractivity contribution in [2.45, 2.75) is 111 Å². The number of hydrogen-bond acceptors (Lipinski definition) is 1. The van der Waals surface area contributed by atoms with Gasteiger partial charge < -0.3 is 5.11 Å². The van der Waals surface area contributed by atoms with Crippen molar-refractivity contribution in [3.05, 3.63) is 11.6 Å². The molecule has 0 unspecified atom stereocenters. The van der Waals surface area contributed by atoms with Gasteiger partial charge in [0.05, 0.1) is 6.10 Å². The van der Waals surface area contributed by atoms with Crippen LogP contribution < -0.4 is 0 Å². The average Bonchev–Trinajstić information content (AvgIpc) is 3.02. The average molecular weight is 405 g/mol. The van der Waals surface area contributed by atoms with E-state index in [2.05, 4.69) is 40.7 Å². The van der Waals surface area contributed by atoms with Gasteiger partial charge in [-0.3, -0.25) is 0 Å². The maximum atomic E-state index is 14.9. The monoisotopic (exact) mass is 404 g/mol. The lowest BCUT2D eigenvalue weighted by Crippen LogP contribution is -2.53. The maximum absolute atomic E-state index is 14.9. The van der Waals surface area contributed by atoms with E-state index in [0.29, 0.717) is 17.8 Å². The highest BCUT2D eigenvalue weighted by atomic mass is 19.1. The van der Waals surface area contributed by atoms with Gasteiger partial charge in [-0.15, -0.1) is 0 Å². The Labute approximate surface area is 178 Å². The van der Waals surface area contributed by atoms with E-state index < -0.39 is 12.3 Å². The molecule has 0 amide bonds. The largest absolute Gasteiger partial charge is 0.390 e. The van der Waals surface area contributed by atoms with Crippen LogP contribution in [-0.4, -0.2) is 17.4 Å². The first-order chi connectivity index (χ1) is 13.7. The Morgan fingerprint density at radius 2 is 1.79 bits per heavy atom. The fraction of sp³-hybridized carbons (Fsp3) is 0.926. The molecule has 0 aromatic heterocycles. The van der Waals surface area contributed by atoms with Crippen LogP contribution in [0.25, 0.3) is 0 Å². The summed E-state index contributed by atoms with van der Waals surface area (Å²) in [4.78, 5) is 0. The van der Waals surface area contributed by atoms with Crippen molar-refractivity contribution in [3.63, 3.8) is 0 Å². The summed E-state index contributed by atoms with van der Waals surface area (Å²) in [5, 5.41) is 10.1. The molecule has 0 heterocycles. The zero-order valence-corrected chi connectivity index (χ0v) is 19.6. The van der Waals surface area contributed by atoms with E-state index in [-0.39, 0.29) is 5.41 Å². The molecule has 1 nitrogen and oxygen atoms in total. The number of alkyl halides is 1. The quantitative estimate of drug-likeness (QED) is 0.475. The minimum atomic E-state index is -1.12. The van der Waals surface area contributed by atoms with E-state index in [4.69, 9.17) is 0 Å². The smallest absolute Gasteiger partial charge is 0.147 e. The lowest BCUT2D eigenvalue weighted by Gasteiger charge is -2.58. The van der Waals surface area contributed by atoms with Crippen LogP contribution in [0.3, 0.4) is 0 Å². The van der Waals surface area contributed by atoms with E-state index in [1.807, 2.05) is 0 Å². The van der Waals surface area contributed by atoms with Gasteiger partial charge >= 0.3 is 0 Å². The second kappa shape index (κ2) is 7.95. The Balaban J connectivity index is 1.51. The molecule has 4 aliphatic carbocycles. The topological polar surface area (TPSA) is 20.2 Å². The first-order valence-corrected chi connectivity index (χ1v) is 12.7. The number of fused-ring (bicyclic) bond motifs is 5. The summed E-state index contributed by atoms with van der Waals surface area (Å²) >= 11 is 0. The molecule has 3 fully saturated rings. The van der Waals surface area contributed by atoms with E-state index in [0.717, 1.165) is 48.0 Å². The number of rotatable bonds is 5. The predicted octanol–water partition coefficient (Wildman–Crippen LogP) is 7.34. The SMILES string of the molecule is CC(C)CCC[C@@H](C)[C@H]1CC[C@H]2[C@@H]3CC=C4[C@@H](F)[C@@H](O)CC[C@]4(C)[C@H]3CC[C@]12C. The van der Waals surface area contributed by atoms with Gasteiger partial charge in [0.15, 0.2) is 0 Å². The molecule has 4 rings (SSSR count). The highest BCUT2D eigenvalue weighted by Gasteiger charge is 2.60. The van der Waals surface area contributed by atoms with Crippen LogP contribution in [0.5, 0.6) is 0 Å². The van der Waals surface area contributed by atoms with E-state index >= 15 is 0 Å². The van der Waals surface area contributed by atoms with E-state index in [1.165, 1.54) is 44.9 Å². The molecule has 0 radical (unpaired) electrons. The summed E-state index contributed by atoms with van der Waals surface area (Å²) < 4.78 is 14.9. The third-order valence-electron chi connectivity index (χ3n) is 10.3. The zero-order valence-electron chi connectivity index (χ0n) is 19.6. The molecular formula is C27H45FO. The second-order valence-electron chi connectivity index (χ2n) is 12.2. The first-order valence-electron chi connectivity index (χ1n) is 12.7. The van der Waals surface area contributed by atoms with Gasteiger partial charge in [0.25, 0.3) is 0 Å². The van der Waals surface area contributed by atoms with Crippen LogP contribution in [-0.2, 0) is 0 Å². The molecule has 9 atom stereocenters. The molecule has 3 saturated carbocycles. The Morgan fingerprint density at radius 3 is 2.52 bits per heavy atom. The molecule has 0 aliphatic heterocycles. The van der Waals surface area contributed by atoms with Crippen molar-refractivity contribution in [2.75, 3.05) is 0 Å². The fourth-order valence-electron chi connectivity index (χ4n) is 8.70. The number of aliphatic hydroxyl groups excluding tert-OH is 1. The minimum Gasteiger partial charge on any atom is -0.390 e. The van der Waals surface area contributed by atoms with E-state index in [9.17, 15) is 9.50 Å². The lowest BCUT2D eigenvalue weighted by molar-refractivity contribution is -0.0688. The molecule has 166 valence electrons. The standard InChI is InChI=1S/C27H45FO/c1-17(2)7-6-8-18(3)20-11-12-21-19-9-10-23-25(28)24(29)14-16-27(23,5)22(19)13-15-26(20,21)4/h10,17-22,24-25,29H,6-9,11-16H2,1-5H3/t18-,19+,20-,21+,22+,24+,25-,26-,27-/m1/s1. The summed E-state index contributed by atoms with van der Waals surface area (Å²) in [6, 6.07) is 0. The fourth-order valence-corrected chi connectivity index (χ4v) is 8.70. The van der Waals surface area contributed by atoms with Crippen molar-refractivity contribution < 1.29 is 9.50 Å². The van der Waals surface area contributed by atoms with Crippen LogP contribution in [0.1, 0.15) is 98.8 Å².